The molecule has 1 aliphatic heterocycles. The van der Waals surface area contributed by atoms with Crippen molar-refractivity contribution in [1.29, 1.82) is 0 Å². The van der Waals surface area contributed by atoms with Crippen molar-refractivity contribution in [3.05, 3.63) is 65.5 Å². The zero-order chi connectivity index (χ0) is 23.3. The summed E-state index contributed by atoms with van der Waals surface area (Å²) in [6, 6.07) is 8.72. The van der Waals surface area contributed by atoms with Crippen molar-refractivity contribution < 1.29 is 27.1 Å². The minimum atomic E-state index is -3.83. The van der Waals surface area contributed by atoms with Crippen LogP contribution < -0.4 is 9.47 Å². The predicted molar refractivity (Wildman–Crippen MR) is 119 cm³/mol. The minimum Gasteiger partial charge on any atom is -0.493 e. The number of rotatable bonds is 8. The molecular formula is C22H24ClFN2O5S. The number of amides is 1. The average molecular weight is 483 g/mol. The average Bonchev–Trinajstić information content (AvgIpc) is 2.79. The number of nitrogens with zero attached hydrogens (tertiary/aromatic N) is 2. The maximum absolute atomic E-state index is 13.4. The number of piperazine rings is 1. The van der Waals surface area contributed by atoms with Gasteiger partial charge in [-0.05, 0) is 42.3 Å². The van der Waals surface area contributed by atoms with Crippen LogP contribution >= 0.6 is 11.6 Å². The molecule has 1 saturated heterocycles. The van der Waals surface area contributed by atoms with E-state index in [1.807, 2.05) is 12.1 Å². The van der Waals surface area contributed by atoms with Gasteiger partial charge in [-0.1, -0.05) is 23.7 Å². The number of hydrogen-bond acceptors (Lipinski definition) is 5. The lowest BCUT2D eigenvalue weighted by Gasteiger charge is -2.34. The van der Waals surface area contributed by atoms with Gasteiger partial charge >= 0.3 is 0 Å². The Kier molecular flexibility index (Phi) is 7.76. The highest BCUT2D eigenvalue weighted by Gasteiger charge is 2.30. The summed E-state index contributed by atoms with van der Waals surface area (Å²) in [5.41, 5.74) is 1.01. The SMILES string of the molecule is C=CCc1ccc(OCC(=O)N2CCN(S(=O)(=O)c3ccc(F)c(Cl)c3)CC2)c(OC)c1. The summed E-state index contributed by atoms with van der Waals surface area (Å²) in [6.45, 7) is 4.16. The first-order valence-corrected chi connectivity index (χ1v) is 11.7. The van der Waals surface area contributed by atoms with E-state index in [0.29, 0.717) is 17.9 Å². The van der Waals surface area contributed by atoms with E-state index in [1.165, 1.54) is 17.5 Å². The predicted octanol–water partition coefficient (Wildman–Crippen LogP) is 3.13. The topological polar surface area (TPSA) is 76.2 Å². The maximum Gasteiger partial charge on any atom is 0.260 e. The van der Waals surface area contributed by atoms with Gasteiger partial charge in [0.2, 0.25) is 10.0 Å². The van der Waals surface area contributed by atoms with E-state index >= 15 is 0 Å². The normalized spacial score (nSPS) is 14.8. The van der Waals surface area contributed by atoms with Crippen LogP contribution in [0.3, 0.4) is 0 Å². The first-order valence-electron chi connectivity index (χ1n) is 9.90. The number of carbonyl (C=O) groups is 1. The Morgan fingerprint density at radius 2 is 1.88 bits per heavy atom. The van der Waals surface area contributed by atoms with E-state index in [-0.39, 0.29) is 48.6 Å². The Morgan fingerprint density at radius 3 is 2.50 bits per heavy atom. The fourth-order valence-electron chi connectivity index (χ4n) is 3.32. The second-order valence-corrected chi connectivity index (χ2v) is 9.47. The van der Waals surface area contributed by atoms with Crippen molar-refractivity contribution in [3.63, 3.8) is 0 Å². The highest BCUT2D eigenvalue weighted by Crippen LogP contribution is 2.28. The number of methoxy groups -OCH3 is 1. The summed E-state index contributed by atoms with van der Waals surface area (Å²) in [5.74, 6) is 0.0196. The Labute approximate surface area is 192 Å². The van der Waals surface area contributed by atoms with Gasteiger partial charge in [0.15, 0.2) is 18.1 Å². The lowest BCUT2D eigenvalue weighted by atomic mass is 10.1. The molecule has 10 heteroatoms. The van der Waals surface area contributed by atoms with Crippen molar-refractivity contribution in [2.24, 2.45) is 0 Å². The van der Waals surface area contributed by atoms with Crippen molar-refractivity contribution >= 4 is 27.5 Å². The molecule has 1 aliphatic rings. The van der Waals surface area contributed by atoms with Crippen LogP contribution in [0, 0.1) is 5.82 Å². The molecule has 0 bridgehead atoms. The van der Waals surface area contributed by atoms with Gasteiger partial charge in [-0.25, -0.2) is 12.8 Å². The molecule has 2 aromatic rings. The zero-order valence-corrected chi connectivity index (χ0v) is 19.2. The second kappa shape index (κ2) is 10.3. The quantitative estimate of drug-likeness (QED) is 0.540. The number of allylic oxidation sites excluding steroid dienone is 1. The van der Waals surface area contributed by atoms with Crippen molar-refractivity contribution in [2.75, 3.05) is 39.9 Å². The van der Waals surface area contributed by atoms with Crippen LogP contribution in [-0.2, 0) is 21.2 Å². The fourth-order valence-corrected chi connectivity index (χ4v) is 5.01. The first-order chi connectivity index (χ1) is 15.3. The van der Waals surface area contributed by atoms with Gasteiger partial charge in [0, 0.05) is 26.2 Å². The fraction of sp³-hybridized carbons (Fsp3) is 0.318. The van der Waals surface area contributed by atoms with Gasteiger partial charge in [-0.3, -0.25) is 4.79 Å². The molecule has 1 heterocycles. The van der Waals surface area contributed by atoms with E-state index in [9.17, 15) is 17.6 Å². The summed E-state index contributed by atoms with van der Waals surface area (Å²) >= 11 is 5.72. The van der Waals surface area contributed by atoms with Gasteiger partial charge in [0.05, 0.1) is 17.0 Å². The highest BCUT2D eigenvalue weighted by atomic mass is 35.5. The third kappa shape index (κ3) is 5.40. The monoisotopic (exact) mass is 482 g/mol. The number of sulfonamides is 1. The van der Waals surface area contributed by atoms with Gasteiger partial charge < -0.3 is 14.4 Å². The van der Waals surface area contributed by atoms with Gasteiger partial charge in [-0.15, -0.1) is 6.58 Å². The van der Waals surface area contributed by atoms with Crippen LogP contribution in [0.25, 0.3) is 0 Å². The molecule has 0 N–H and O–H groups in total. The maximum atomic E-state index is 13.4. The molecule has 0 aliphatic carbocycles. The standard InChI is InChI=1S/C22H24ClFN2O5S/c1-3-4-16-5-8-20(21(13-16)30-2)31-15-22(27)25-9-11-26(12-10-25)32(28,29)17-6-7-19(24)18(23)14-17/h3,5-8,13-14H,1,4,9-12,15H2,2H3. The molecule has 1 amide bonds. The molecule has 3 rings (SSSR count). The summed E-state index contributed by atoms with van der Waals surface area (Å²) in [4.78, 5) is 14.0. The van der Waals surface area contributed by atoms with Crippen LogP contribution in [0.4, 0.5) is 4.39 Å². The van der Waals surface area contributed by atoms with E-state index in [2.05, 4.69) is 6.58 Å². The Morgan fingerprint density at radius 1 is 1.16 bits per heavy atom. The van der Waals surface area contributed by atoms with Gasteiger partial charge in [0.25, 0.3) is 5.91 Å². The van der Waals surface area contributed by atoms with Crippen molar-refractivity contribution in [2.45, 2.75) is 11.3 Å². The molecule has 0 radical (unpaired) electrons. The summed E-state index contributed by atoms with van der Waals surface area (Å²) in [6.07, 6.45) is 2.47. The molecule has 0 aromatic heterocycles. The first kappa shape index (κ1) is 24.0. The molecule has 32 heavy (non-hydrogen) atoms. The summed E-state index contributed by atoms with van der Waals surface area (Å²) < 4.78 is 51.1. The third-order valence-electron chi connectivity index (χ3n) is 5.08. The van der Waals surface area contributed by atoms with E-state index < -0.39 is 15.8 Å². The number of halogens is 2. The van der Waals surface area contributed by atoms with E-state index in [4.69, 9.17) is 21.1 Å². The highest BCUT2D eigenvalue weighted by molar-refractivity contribution is 7.89. The lowest BCUT2D eigenvalue weighted by Crippen LogP contribution is -2.51. The smallest absolute Gasteiger partial charge is 0.260 e. The molecular weight excluding hydrogens is 459 g/mol. The third-order valence-corrected chi connectivity index (χ3v) is 7.26. The minimum absolute atomic E-state index is 0.0843. The summed E-state index contributed by atoms with van der Waals surface area (Å²) in [7, 11) is -2.31. The van der Waals surface area contributed by atoms with Crippen LogP contribution in [-0.4, -0.2) is 63.4 Å². The Bertz CT molecular complexity index is 1100. The second-order valence-electron chi connectivity index (χ2n) is 7.13. The number of carbonyl (C=O) groups excluding carboxylic acids is 1. The van der Waals surface area contributed by atoms with Crippen LogP contribution in [0.5, 0.6) is 11.5 Å². The van der Waals surface area contributed by atoms with Crippen molar-refractivity contribution in [3.8, 4) is 11.5 Å². The molecule has 2 aromatic carbocycles. The number of benzene rings is 2. The molecule has 172 valence electrons. The number of hydrogen-bond donors (Lipinski definition) is 0. The molecule has 7 nitrogen and oxygen atoms in total. The molecule has 0 spiro atoms. The van der Waals surface area contributed by atoms with Gasteiger partial charge in [-0.2, -0.15) is 4.31 Å². The van der Waals surface area contributed by atoms with Crippen LogP contribution in [0.15, 0.2) is 53.9 Å². The Hall–Kier alpha value is -2.62. The zero-order valence-electron chi connectivity index (χ0n) is 17.6. The van der Waals surface area contributed by atoms with Crippen molar-refractivity contribution in [1.82, 2.24) is 9.21 Å². The molecule has 0 unspecified atom stereocenters. The van der Waals surface area contributed by atoms with Crippen LogP contribution in [0.1, 0.15) is 5.56 Å². The largest absolute Gasteiger partial charge is 0.493 e. The van der Waals surface area contributed by atoms with E-state index in [1.54, 1.807) is 17.0 Å². The Balaban J connectivity index is 1.57. The van der Waals surface area contributed by atoms with Gasteiger partial charge in [0.1, 0.15) is 5.82 Å². The molecule has 0 saturated carbocycles. The number of ether oxygens (including phenoxy) is 2. The molecule has 0 atom stereocenters. The van der Waals surface area contributed by atoms with E-state index in [0.717, 1.165) is 17.7 Å². The lowest BCUT2D eigenvalue weighted by molar-refractivity contribution is -0.134. The van der Waals surface area contributed by atoms with Crippen LogP contribution in [0.2, 0.25) is 5.02 Å². The summed E-state index contributed by atoms with van der Waals surface area (Å²) in [5, 5.41) is -0.259. The molecule has 1 fully saturated rings.